The summed E-state index contributed by atoms with van der Waals surface area (Å²) in [5.41, 5.74) is -0.703. The third-order valence-electron chi connectivity index (χ3n) is 2.13. The van der Waals surface area contributed by atoms with Gasteiger partial charge in [-0.05, 0) is 29.8 Å². The Bertz CT molecular complexity index is 424. The molecule has 0 aliphatic carbocycles. The molecule has 0 saturated heterocycles. The van der Waals surface area contributed by atoms with Crippen molar-refractivity contribution in [2.24, 2.45) is 0 Å². The Labute approximate surface area is 118 Å². The van der Waals surface area contributed by atoms with Crippen molar-refractivity contribution in [2.45, 2.75) is 20.0 Å². The lowest BCUT2D eigenvalue weighted by atomic mass is 10.2. The highest BCUT2D eigenvalue weighted by Gasteiger charge is 2.26. The molecule has 0 heterocycles. The lowest BCUT2D eigenvalue weighted by molar-refractivity contribution is 0.267. The van der Waals surface area contributed by atoms with Crippen LogP contribution in [0.15, 0.2) is 4.47 Å². The minimum atomic E-state index is -1.63. The molecule has 0 unspecified atom stereocenters. The van der Waals surface area contributed by atoms with Crippen LogP contribution in [0.25, 0.3) is 0 Å². The van der Waals surface area contributed by atoms with Crippen molar-refractivity contribution < 1.29 is 26.6 Å². The van der Waals surface area contributed by atoms with Gasteiger partial charge in [0, 0.05) is 11.7 Å². The molecular formula is C11H12BrF4O2P. The van der Waals surface area contributed by atoms with E-state index in [2.05, 4.69) is 15.9 Å². The Morgan fingerprint density at radius 2 is 1.32 bits per heavy atom. The van der Waals surface area contributed by atoms with Crippen LogP contribution in [0.1, 0.15) is 19.4 Å². The minimum absolute atomic E-state index is 0.274. The first-order valence-corrected chi connectivity index (χ1v) is 7.63. The summed E-state index contributed by atoms with van der Waals surface area (Å²) in [6.45, 7) is 3.92. The molecule has 0 aromatic heterocycles. The molecule has 2 nitrogen and oxygen atoms in total. The van der Waals surface area contributed by atoms with E-state index in [9.17, 15) is 17.6 Å². The summed E-state index contributed by atoms with van der Waals surface area (Å²) in [7, 11) is -1.63. The Morgan fingerprint density at radius 1 is 0.895 bits per heavy atom. The fourth-order valence-corrected chi connectivity index (χ4v) is 3.05. The first-order chi connectivity index (χ1) is 8.93. The van der Waals surface area contributed by atoms with Crippen molar-refractivity contribution >= 4 is 24.3 Å². The summed E-state index contributed by atoms with van der Waals surface area (Å²) >= 11 is 2.46. The quantitative estimate of drug-likeness (QED) is 0.310. The Kier molecular flexibility index (Phi) is 6.66. The van der Waals surface area contributed by atoms with E-state index >= 15 is 0 Å². The average Bonchev–Trinajstić information content (AvgIpc) is 2.39. The normalized spacial score (nSPS) is 11.4. The van der Waals surface area contributed by atoms with Crippen LogP contribution in [0, 0.1) is 23.3 Å². The molecule has 1 rings (SSSR count). The fraction of sp³-hybridized carbons (Fsp3) is 0.455. The lowest BCUT2D eigenvalue weighted by Crippen LogP contribution is -2.05. The molecular weight excluding hydrogens is 351 g/mol. The highest BCUT2D eigenvalue weighted by atomic mass is 79.9. The molecule has 1 aromatic rings. The third-order valence-corrected chi connectivity index (χ3v) is 4.50. The number of benzene rings is 1. The van der Waals surface area contributed by atoms with E-state index in [1.165, 1.54) is 0 Å². The molecule has 0 atom stereocenters. The van der Waals surface area contributed by atoms with E-state index in [-0.39, 0.29) is 19.4 Å². The zero-order valence-electron chi connectivity index (χ0n) is 10.3. The van der Waals surface area contributed by atoms with Crippen LogP contribution < -0.4 is 0 Å². The molecule has 0 fully saturated rings. The maximum Gasteiger partial charge on any atom is 0.176 e. The zero-order chi connectivity index (χ0) is 14.6. The van der Waals surface area contributed by atoms with Crippen LogP contribution in [-0.2, 0) is 15.2 Å². The van der Waals surface area contributed by atoms with Gasteiger partial charge in [0.2, 0.25) is 0 Å². The van der Waals surface area contributed by atoms with Crippen LogP contribution in [-0.4, -0.2) is 13.2 Å². The smallest absolute Gasteiger partial charge is 0.176 e. The van der Waals surface area contributed by atoms with Crippen LogP contribution in [0.3, 0.4) is 0 Å². The van der Waals surface area contributed by atoms with Gasteiger partial charge in [-0.25, -0.2) is 17.6 Å². The fourth-order valence-electron chi connectivity index (χ4n) is 1.33. The first-order valence-electron chi connectivity index (χ1n) is 5.47. The SMILES string of the molecule is CCOP(Cc1c(F)c(F)c(Br)c(F)c1F)OCC. The molecule has 0 aliphatic rings. The molecule has 0 aliphatic heterocycles. The van der Waals surface area contributed by atoms with Gasteiger partial charge in [-0.1, -0.05) is 0 Å². The Hall–Kier alpha value is -0.230. The minimum Gasteiger partial charge on any atom is -0.334 e. The largest absolute Gasteiger partial charge is 0.334 e. The van der Waals surface area contributed by atoms with Crippen LogP contribution in [0.5, 0.6) is 0 Å². The van der Waals surface area contributed by atoms with Crippen molar-refractivity contribution in [2.75, 3.05) is 13.2 Å². The maximum absolute atomic E-state index is 13.6. The second-order valence-electron chi connectivity index (χ2n) is 3.37. The van der Waals surface area contributed by atoms with Gasteiger partial charge in [0.1, 0.15) is 0 Å². The topological polar surface area (TPSA) is 18.5 Å². The lowest BCUT2D eigenvalue weighted by Gasteiger charge is -2.17. The molecule has 0 N–H and O–H groups in total. The van der Waals surface area contributed by atoms with Crippen molar-refractivity contribution in [3.05, 3.63) is 33.3 Å². The number of halogens is 5. The van der Waals surface area contributed by atoms with Gasteiger partial charge in [0.25, 0.3) is 0 Å². The number of hydrogen-bond donors (Lipinski definition) is 0. The first kappa shape index (κ1) is 16.8. The van der Waals surface area contributed by atoms with Gasteiger partial charge in [-0.2, -0.15) is 0 Å². The summed E-state index contributed by atoms with van der Waals surface area (Å²) in [5, 5.41) is 0. The summed E-state index contributed by atoms with van der Waals surface area (Å²) < 4.78 is 63.4. The Balaban J connectivity index is 3.12. The number of rotatable bonds is 6. The van der Waals surface area contributed by atoms with Crippen molar-refractivity contribution in [3.8, 4) is 0 Å². The second kappa shape index (κ2) is 7.53. The molecule has 8 heteroatoms. The summed E-state index contributed by atoms with van der Waals surface area (Å²) in [6.07, 6.45) is -0.351. The van der Waals surface area contributed by atoms with Crippen LogP contribution in [0.2, 0.25) is 0 Å². The molecule has 0 bridgehead atoms. The molecule has 0 saturated carbocycles. The van der Waals surface area contributed by atoms with Gasteiger partial charge >= 0.3 is 0 Å². The molecule has 19 heavy (non-hydrogen) atoms. The van der Waals surface area contributed by atoms with E-state index < -0.39 is 41.7 Å². The Morgan fingerprint density at radius 3 is 1.68 bits per heavy atom. The highest BCUT2D eigenvalue weighted by molar-refractivity contribution is 9.10. The standard InChI is InChI=1S/C11H12BrF4O2P/c1-3-17-19(18-4-2)5-6-8(13)10(15)7(12)11(16)9(6)14/h3-5H2,1-2H3. The molecule has 0 spiro atoms. The number of hydrogen-bond acceptors (Lipinski definition) is 2. The van der Waals surface area contributed by atoms with Gasteiger partial charge < -0.3 is 9.05 Å². The summed E-state index contributed by atoms with van der Waals surface area (Å²) in [4.78, 5) is 0. The van der Waals surface area contributed by atoms with Gasteiger partial charge in [-0.15, -0.1) is 0 Å². The molecule has 108 valence electrons. The molecule has 0 amide bonds. The van der Waals surface area contributed by atoms with Crippen molar-refractivity contribution in [3.63, 3.8) is 0 Å². The zero-order valence-corrected chi connectivity index (χ0v) is 12.8. The highest BCUT2D eigenvalue weighted by Crippen LogP contribution is 2.44. The van der Waals surface area contributed by atoms with E-state index in [1.807, 2.05) is 0 Å². The van der Waals surface area contributed by atoms with E-state index in [1.54, 1.807) is 13.8 Å². The molecule has 1 aromatic carbocycles. The van der Waals surface area contributed by atoms with E-state index in [0.717, 1.165) is 0 Å². The molecule has 0 radical (unpaired) electrons. The monoisotopic (exact) mass is 362 g/mol. The van der Waals surface area contributed by atoms with Gasteiger partial charge in [-0.3, -0.25) is 0 Å². The van der Waals surface area contributed by atoms with Gasteiger partial charge in [0.05, 0.1) is 17.7 Å². The van der Waals surface area contributed by atoms with Gasteiger partial charge in [0.15, 0.2) is 31.6 Å². The van der Waals surface area contributed by atoms with Crippen LogP contribution in [0.4, 0.5) is 17.6 Å². The van der Waals surface area contributed by atoms with E-state index in [4.69, 9.17) is 9.05 Å². The van der Waals surface area contributed by atoms with Crippen LogP contribution >= 0.6 is 24.3 Å². The third kappa shape index (κ3) is 3.88. The summed E-state index contributed by atoms with van der Waals surface area (Å²) in [5.74, 6) is -5.79. The van der Waals surface area contributed by atoms with Crippen molar-refractivity contribution in [1.82, 2.24) is 0 Å². The predicted octanol–water partition coefficient (Wildman–Crippen LogP) is 4.89. The second-order valence-corrected chi connectivity index (χ2v) is 5.67. The van der Waals surface area contributed by atoms with Crippen molar-refractivity contribution in [1.29, 1.82) is 0 Å². The maximum atomic E-state index is 13.6. The van der Waals surface area contributed by atoms with E-state index in [0.29, 0.717) is 0 Å². The summed E-state index contributed by atoms with van der Waals surface area (Å²) in [6, 6.07) is 0. The average molecular weight is 363 g/mol. The predicted molar refractivity (Wildman–Crippen MR) is 67.9 cm³/mol.